The molecule has 22 heavy (non-hydrogen) atoms. The molecule has 7 heteroatoms. The second-order valence-corrected chi connectivity index (χ2v) is 7.77. The quantitative estimate of drug-likeness (QED) is 0.876. The summed E-state index contributed by atoms with van der Waals surface area (Å²) in [5.41, 5.74) is 1.09. The molecule has 6 nitrogen and oxygen atoms in total. The highest BCUT2D eigenvalue weighted by atomic mass is 32.2. The number of hydrogen-bond acceptors (Lipinski definition) is 4. The van der Waals surface area contributed by atoms with Gasteiger partial charge in [0.1, 0.15) is 0 Å². The zero-order valence-electron chi connectivity index (χ0n) is 13.0. The Bertz CT molecular complexity index is 596. The minimum Gasteiger partial charge on any atom is -0.382 e. The molecule has 1 aromatic carbocycles. The molecule has 1 N–H and O–H groups in total. The van der Waals surface area contributed by atoms with Crippen molar-refractivity contribution in [3.05, 3.63) is 30.3 Å². The minimum atomic E-state index is -3.31. The van der Waals surface area contributed by atoms with Gasteiger partial charge < -0.3 is 10.2 Å². The van der Waals surface area contributed by atoms with E-state index in [9.17, 15) is 13.2 Å². The van der Waals surface area contributed by atoms with Crippen molar-refractivity contribution < 1.29 is 13.2 Å². The van der Waals surface area contributed by atoms with Crippen molar-refractivity contribution in [3.8, 4) is 0 Å². The lowest BCUT2D eigenvalue weighted by molar-refractivity contribution is -0.132. The van der Waals surface area contributed by atoms with Crippen molar-refractivity contribution in [2.24, 2.45) is 0 Å². The van der Waals surface area contributed by atoms with Crippen LogP contribution < -0.4 is 5.32 Å². The summed E-state index contributed by atoms with van der Waals surface area (Å²) in [5.74, 6) is -0.133. The van der Waals surface area contributed by atoms with Gasteiger partial charge in [0, 0.05) is 31.9 Å². The largest absolute Gasteiger partial charge is 0.382 e. The summed E-state index contributed by atoms with van der Waals surface area (Å²) in [7, 11) is -1.89. The van der Waals surface area contributed by atoms with Gasteiger partial charge in [-0.05, 0) is 25.0 Å². The van der Waals surface area contributed by atoms with Crippen molar-refractivity contribution in [1.82, 2.24) is 9.21 Å². The van der Waals surface area contributed by atoms with E-state index in [1.807, 2.05) is 30.3 Å². The number of piperidine rings is 1. The van der Waals surface area contributed by atoms with Crippen LogP contribution in [0.2, 0.25) is 0 Å². The molecule has 0 radical (unpaired) electrons. The average Bonchev–Trinajstić information content (AvgIpc) is 2.48. The molecular weight excluding hydrogens is 302 g/mol. The predicted molar refractivity (Wildman–Crippen MR) is 87.1 cm³/mol. The number of likely N-dealkylation sites (tertiary alicyclic amines) is 1. The predicted octanol–water partition coefficient (Wildman–Crippen LogP) is 0.981. The number of carbonyl (C=O) groups is 1. The molecule has 1 aliphatic rings. The summed E-state index contributed by atoms with van der Waals surface area (Å²) in [5, 5.41) is 3.46. The number of benzene rings is 1. The molecule has 1 aliphatic heterocycles. The highest BCUT2D eigenvalue weighted by Crippen LogP contribution is 2.16. The summed E-state index contributed by atoms with van der Waals surface area (Å²) in [6, 6.07) is 10.4. The Labute approximate surface area is 132 Å². The fraction of sp³-hybridized carbons (Fsp3) is 0.533. The lowest BCUT2D eigenvalue weighted by Crippen LogP contribution is -2.46. The Kier molecular flexibility index (Phi) is 5.42. The van der Waals surface area contributed by atoms with E-state index in [2.05, 4.69) is 5.32 Å². The van der Waals surface area contributed by atoms with E-state index in [-0.39, 0.29) is 12.5 Å². The number of nitrogens with zero attached hydrogens (tertiary/aromatic N) is 2. The summed E-state index contributed by atoms with van der Waals surface area (Å²) in [4.78, 5) is 13.9. The molecule has 1 aromatic rings. The van der Waals surface area contributed by atoms with Gasteiger partial charge in [-0.1, -0.05) is 18.2 Å². The van der Waals surface area contributed by atoms with Crippen LogP contribution in [0.5, 0.6) is 0 Å². The van der Waals surface area contributed by atoms with Gasteiger partial charge in [-0.25, -0.2) is 8.42 Å². The first-order valence-corrected chi connectivity index (χ1v) is 9.22. The normalized spacial score (nSPS) is 16.8. The van der Waals surface area contributed by atoms with Crippen LogP contribution in [0.25, 0.3) is 0 Å². The highest BCUT2D eigenvalue weighted by molar-refractivity contribution is 7.88. The SMILES string of the molecule is CN(CC(=O)N1CCC(Nc2ccccc2)CC1)S(C)(=O)=O. The van der Waals surface area contributed by atoms with Crippen molar-refractivity contribution >= 4 is 21.6 Å². The topological polar surface area (TPSA) is 69.7 Å². The van der Waals surface area contributed by atoms with E-state index in [0.717, 1.165) is 29.1 Å². The van der Waals surface area contributed by atoms with E-state index in [1.54, 1.807) is 4.90 Å². The Morgan fingerprint density at radius 3 is 2.41 bits per heavy atom. The number of carbonyl (C=O) groups excluding carboxylic acids is 1. The maximum Gasteiger partial charge on any atom is 0.237 e. The van der Waals surface area contributed by atoms with Crippen LogP contribution in [0.3, 0.4) is 0 Å². The second-order valence-electron chi connectivity index (χ2n) is 5.68. The Morgan fingerprint density at radius 2 is 1.86 bits per heavy atom. The van der Waals surface area contributed by atoms with Crippen molar-refractivity contribution in [2.45, 2.75) is 18.9 Å². The molecule has 0 atom stereocenters. The van der Waals surface area contributed by atoms with Crippen molar-refractivity contribution in [3.63, 3.8) is 0 Å². The molecule has 0 unspecified atom stereocenters. The van der Waals surface area contributed by atoms with Crippen LogP contribution in [0, 0.1) is 0 Å². The van der Waals surface area contributed by atoms with E-state index in [4.69, 9.17) is 0 Å². The smallest absolute Gasteiger partial charge is 0.237 e. The molecule has 0 aliphatic carbocycles. The Hall–Kier alpha value is -1.60. The fourth-order valence-electron chi connectivity index (χ4n) is 2.45. The Balaban J connectivity index is 1.80. The minimum absolute atomic E-state index is 0.0877. The zero-order chi connectivity index (χ0) is 16.2. The first-order chi connectivity index (χ1) is 10.4. The number of amides is 1. The zero-order valence-corrected chi connectivity index (χ0v) is 13.8. The van der Waals surface area contributed by atoms with Gasteiger partial charge in [-0.15, -0.1) is 0 Å². The molecule has 122 valence electrons. The summed E-state index contributed by atoms with van der Waals surface area (Å²) in [6.45, 7) is 1.22. The lowest BCUT2D eigenvalue weighted by atomic mass is 10.0. The number of sulfonamides is 1. The molecule has 1 fully saturated rings. The van der Waals surface area contributed by atoms with Gasteiger partial charge in [0.15, 0.2) is 0 Å². The number of nitrogens with one attached hydrogen (secondary N) is 1. The number of hydrogen-bond donors (Lipinski definition) is 1. The summed E-state index contributed by atoms with van der Waals surface area (Å²) >= 11 is 0. The lowest BCUT2D eigenvalue weighted by Gasteiger charge is -2.33. The third-order valence-electron chi connectivity index (χ3n) is 3.92. The van der Waals surface area contributed by atoms with Crippen LogP contribution in [0.1, 0.15) is 12.8 Å². The number of rotatable bonds is 5. The number of para-hydroxylation sites is 1. The van der Waals surface area contributed by atoms with Crippen LogP contribution in [0.4, 0.5) is 5.69 Å². The van der Waals surface area contributed by atoms with Gasteiger partial charge in [0.05, 0.1) is 12.8 Å². The third-order valence-corrected chi connectivity index (χ3v) is 5.18. The highest BCUT2D eigenvalue weighted by Gasteiger charge is 2.25. The second kappa shape index (κ2) is 7.11. The maximum absolute atomic E-state index is 12.1. The first kappa shape index (κ1) is 16.8. The average molecular weight is 325 g/mol. The van der Waals surface area contributed by atoms with Crippen LogP contribution >= 0.6 is 0 Å². The van der Waals surface area contributed by atoms with Crippen molar-refractivity contribution in [2.75, 3.05) is 38.3 Å². The number of anilines is 1. The molecule has 0 aromatic heterocycles. The van der Waals surface area contributed by atoms with Gasteiger partial charge in [0.2, 0.25) is 15.9 Å². The van der Waals surface area contributed by atoms with E-state index in [1.165, 1.54) is 7.05 Å². The fourth-order valence-corrected chi connectivity index (χ4v) is 2.80. The maximum atomic E-state index is 12.1. The Morgan fingerprint density at radius 1 is 1.27 bits per heavy atom. The third kappa shape index (κ3) is 4.71. The van der Waals surface area contributed by atoms with Gasteiger partial charge in [0.25, 0.3) is 0 Å². The first-order valence-electron chi connectivity index (χ1n) is 7.37. The molecule has 0 saturated carbocycles. The molecule has 0 bridgehead atoms. The molecular formula is C15H23N3O3S. The number of likely N-dealkylation sites (N-methyl/N-ethyl adjacent to an activating group) is 1. The van der Waals surface area contributed by atoms with Crippen LogP contribution in [-0.4, -0.2) is 62.5 Å². The summed E-state index contributed by atoms with van der Waals surface area (Å²) in [6.07, 6.45) is 2.84. The molecule has 1 saturated heterocycles. The molecule has 1 amide bonds. The van der Waals surface area contributed by atoms with E-state index < -0.39 is 10.0 Å². The van der Waals surface area contributed by atoms with Gasteiger partial charge in [-0.2, -0.15) is 4.31 Å². The van der Waals surface area contributed by atoms with Gasteiger partial charge >= 0.3 is 0 Å². The molecule has 0 spiro atoms. The van der Waals surface area contributed by atoms with E-state index in [0.29, 0.717) is 19.1 Å². The molecule has 1 heterocycles. The van der Waals surface area contributed by atoms with Crippen molar-refractivity contribution in [1.29, 1.82) is 0 Å². The van der Waals surface area contributed by atoms with Crippen LogP contribution in [-0.2, 0) is 14.8 Å². The van der Waals surface area contributed by atoms with Crippen LogP contribution in [0.15, 0.2) is 30.3 Å². The molecule has 2 rings (SSSR count). The van der Waals surface area contributed by atoms with Gasteiger partial charge in [-0.3, -0.25) is 4.79 Å². The van der Waals surface area contributed by atoms with E-state index >= 15 is 0 Å². The summed E-state index contributed by atoms with van der Waals surface area (Å²) < 4.78 is 23.8. The standard InChI is InChI=1S/C15H23N3O3S/c1-17(22(2,20)21)12-15(19)18-10-8-14(9-11-18)16-13-6-4-3-5-7-13/h3-7,14,16H,8-12H2,1-2H3. The monoisotopic (exact) mass is 325 g/mol.